The van der Waals surface area contributed by atoms with E-state index in [2.05, 4.69) is 38.1 Å². The van der Waals surface area contributed by atoms with Crippen LogP contribution in [0.15, 0.2) is 24.3 Å². The smallest absolute Gasteiger partial charge is 0.0522 e. The molecule has 0 bridgehead atoms. The van der Waals surface area contributed by atoms with Crippen LogP contribution in [0.1, 0.15) is 37.8 Å². The van der Waals surface area contributed by atoms with Crippen LogP contribution in [0.2, 0.25) is 0 Å². The first-order valence-electron chi connectivity index (χ1n) is 6.00. The third-order valence-electron chi connectivity index (χ3n) is 3.05. The van der Waals surface area contributed by atoms with Gasteiger partial charge in [-0.15, -0.1) is 0 Å². The molecular weight excluding hydrogens is 198 g/mol. The fourth-order valence-corrected chi connectivity index (χ4v) is 1.69. The molecule has 0 fully saturated rings. The molecule has 0 aliphatic heterocycles. The predicted octanol–water partition coefficient (Wildman–Crippen LogP) is 2.24. The highest BCUT2D eigenvalue weighted by Crippen LogP contribution is 2.22. The van der Waals surface area contributed by atoms with Gasteiger partial charge in [0.2, 0.25) is 0 Å². The number of aryl methyl sites for hydroxylation is 1. The summed E-state index contributed by atoms with van der Waals surface area (Å²) in [5.74, 6) is 0. The number of aliphatic hydroxyl groups is 1. The molecule has 0 aliphatic rings. The Kier molecular flexibility index (Phi) is 4.97. The van der Waals surface area contributed by atoms with Gasteiger partial charge in [0.25, 0.3) is 0 Å². The van der Waals surface area contributed by atoms with Crippen molar-refractivity contribution in [1.82, 2.24) is 0 Å². The Morgan fingerprint density at radius 1 is 1.12 bits per heavy atom. The highest BCUT2D eigenvalue weighted by molar-refractivity contribution is 5.28. The van der Waals surface area contributed by atoms with E-state index in [0.717, 1.165) is 25.8 Å². The fourth-order valence-electron chi connectivity index (χ4n) is 1.69. The molecule has 1 rings (SSSR count). The molecule has 2 nitrogen and oxygen atoms in total. The Hall–Kier alpha value is -0.860. The van der Waals surface area contributed by atoms with E-state index in [1.54, 1.807) is 0 Å². The molecule has 0 heterocycles. The van der Waals surface area contributed by atoms with E-state index in [-0.39, 0.29) is 12.0 Å². The van der Waals surface area contributed by atoms with Crippen LogP contribution in [-0.2, 0) is 11.8 Å². The lowest BCUT2D eigenvalue weighted by Crippen LogP contribution is -2.21. The highest BCUT2D eigenvalue weighted by atomic mass is 16.3. The van der Waals surface area contributed by atoms with E-state index in [9.17, 15) is 5.11 Å². The molecule has 16 heavy (non-hydrogen) atoms. The summed E-state index contributed by atoms with van der Waals surface area (Å²) in [5, 5.41) is 9.28. The zero-order chi connectivity index (χ0) is 12.0. The summed E-state index contributed by atoms with van der Waals surface area (Å²) in [7, 11) is 0. The highest BCUT2D eigenvalue weighted by Gasteiger charge is 2.18. The summed E-state index contributed by atoms with van der Waals surface area (Å²) in [5.41, 5.74) is 7.87. The second-order valence-corrected chi connectivity index (χ2v) is 4.98. The van der Waals surface area contributed by atoms with Crippen LogP contribution in [0.5, 0.6) is 0 Å². The van der Waals surface area contributed by atoms with Gasteiger partial charge in [-0.2, -0.15) is 0 Å². The summed E-state index contributed by atoms with van der Waals surface area (Å²) in [6.45, 7) is 5.06. The summed E-state index contributed by atoms with van der Waals surface area (Å²) >= 11 is 0. The number of hydrogen-bond donors (Lipinski definition) is 2. The van der Waals surface area contributed by atoms with Crippen molar-refractivity contribution in [3.63, 3.8) is 0 Å². The van der Waals surface area contributed by atoms with E-state index in [0.29, 0.717) is 0 Å². The molecule has 3 N–H and O–H groups in total. The Balaban J connectivity index is 2.61. The third-order valence-corrected chi connectivity index (χ3v) is 3.05. The molecule has 0 radical (unpaired) electrons. The molecule has 2 heteroatoms. The number of hydrogen-bond acceptors (Lipinski definition) is 2. The number of unbranched alkanes of at least 4 members (excludes halogenated alkanes) is 1. The maximum atomic E-state index is 9.28. The molecule has 0 aromatic heterocycles. The maximum Gasteiger partial charge on any atom is 0.0522 e. The Morgan fingerprint density at radius 2 is 1.75 bits per heavy atom. The van der Waals surface area contributed by atoms with E-state index in [1.165, 1.54) is 11.1 Å². The van der Waals surface area contributed by atoms with Crippen molar-refractivity contribution in [3.05, 3.63) is 35.4 Å². The lowest BCUT2D eigenvalue weighted by Gasteiger charge is -2.22. The van der Waals surface area contributed by atoms with Crippen LogP contribution in [0.4, 0.5) is 0 Å². The van der Waals surface area contributed by atoms with Gasteiger partial charge in [-0.25, -0.2) is 0 Å². The normalized spacial score (nSPS) is 11.8. The monoisotopic (exact) mass is 221 g/mol. The zero-order valence-corrected chi connectivity index (χ0v) is 10.4. The fraction of sp³-hybridized carbons (Fsp3) is 0.571. The molecule has 0 amide bonds. The minimum atomic E-state index is -0.143. The minimum Gasteiger partial charge on any atom is -0.395 e. The Bertz CT molecular complexity index is 303. The van der Waals surface area contributed by atoms with E-state index in [4.69, 9.17) is 5.73 Å². The standard InChI is InChI=1S/C14H23NO/c1-14(2,11-16)13-8-6-12(7-9-13)5-3-4-10-15/h6-9,16H,3-5,10-11,15H2,1-2H3. The van der Waals surface area contributed by atoms with Gasteiger partial charge in [0.15, 0.2) is 0 Å². The number of nitrogens with two attached hydrogens (primary N) is 1. The lowest BCUT2D eigenvalue weighted by atomic mass is 9.85. The first kappa shape index (κ1) is 13.2. The van der Waals surface area contributed by atoms with Gasteiger partial charge < -0.3 is 10.8 Å². The van der Waals surface area contributed by atoms with Gasteiger partial charge in [0.05, 0.1) is 6.61 Å². The summed E-state index contributed by atoms with van der Waals surface area (Å²) < 4.78 is 0. The average Bonchev–Trinajstić information content (AvgIpc) is 2.30. The summed E-state index contributed by atoms with van der Waals surface area (Å²) in [4.78, 5) is 0. The van der Waals surface area contributed by atoms with Crippen molar-refractivity contribution in [2.24, 2.45) is 5.73 Å². The minimum absolute atomic E-state index is 0.143. The first-order chi connectivity index (χ1) is 7.60. The summed E-state index contributed by atoms with van der Waals surface area (Å²) in [6.07, 6.45) is 3.33. The first-order valence-corrected chi connectivity index (χ1v) is 6.00. The molecule has 0 unspecified atom stereocenters. The van der Waals surface area contributed by atoms with E-state index < -0.39 is 0 Å². The molecule has 0 saturated heterocycles. The van der Waals surface area contributed by atoms with Gasteiger partial charge >= 0.3 is 0 Å². The SMILES string of the molecule is CC(C)(CO)c1ccc(CCCCN)cc1. The quantitative estimate of drug-likeness (QED) is 0.724. The molecule has 0 saturated carbocycles. The van der Waals surface area contributed by atoms with Crippen molar-refractivity contribution in [2.75, 3.05) is 13.2 Å². The largest absolute Gasteiger partial charge is 0.395 e. The van der Waals surface area contributed by atoms with Gasteiger partial charge in [-0.05, 0) is 36.9 Å². The number of rotatable bonds is 6. The topological polar surface area (TPSA) is 46.2 Å². The maximum absolute atomic E-state index is 9.28. The molecule has 0 spiro atoms. The van der Waals surface area contributed by atoms with Crippen molar-refractivity contribution < 1.29 is 5.11 Å². The number of aliphatic hydroxyl groups excluding tert-OH is 1. The van der Waals surface area contributed by atoms with E-state index in [1.807, 2.05) is 0 Å². The second kappa shape index (κ2) is 6.02. The summed E-state index contributed by atoms with van der Waals surface area (Å²) in [6, 6.07) is 8.55. The van der Waals surface area contributed by atoms with Gasteiger partial charge in [0, 0.05) is 5.41 Å². The number of benzene rings is 1. The lowest BCUT2D eigenvalue weighted by molar-refractivity contribution is 0.218. The molecule has 0 aliphatic carbocycles. The van der Waals surface area contributed by atoms with Gasteiger partial charge in [-0.1, -0.05) is 38.1 Å². The third kappa shape index (κ3) is 3.62. The molecule has 90 valence electrons. The van der Waals surface area contributed by atoms with Crippen LogP contribution >= 0.6 is 0 Å². The molecular formula is C14H23NO. The van der Waals surface area contributed by atoms with Crippen LogP contribution in [0.25, 0.3) is 0 Å². The van der Waals surface area contributed by atoms with Crippen molar-refractivity contribution >= 4 is 0 Å². The van der Waals surface area contributed by atoms with E-state index >= 15 is 0 Å². The molecule has 0 atom stereocenters. The molecule has 1 aromatic carbocycles. The zero-order valence-electron chi connectivity index (χ0n) is 10.4. The van der Waals surface area contributed by atoms with Gasteiger partial charge in [0.1, 0.15) is 0 Å². The van der Waals surface area contributed by atoms with Crippen LogP contribution in [-0.4, -0.2) is 18.3 Å². The average molecular weight is 221 g/mol. The Morgan fingerprint density at radius 3 is 2.25 bits per heavy atom. The van der Waals surface area contributed by atoms with Crippen LogP contribution < -0.4 is 5.73 Å². The van der Waals surface area contributed by atoms with Crippen molar-refractivity contribution in [3.8, 4) is 0 Å². The molecule has 1 aromatic rings. The van der Waals surface area contributed by atoms with Gasteiger partial charge in [-0.3, -0.25) is 0 Å². The van der Waals surface area contributed by atoms with Crippen molar-refractivity contribution in [1.29, 1.82) is 0 Å². The van der Waals surface area contributed by atoms with Crippen LogP contribution in [0.3, 0.4) is 0 Å². The second-order valence-electron chi connectivity index (χ2n) is 4.98. The Labute approximate surface area is 98.5 Å². The predicted molar refractivity (Wildman–Crippen MR) is 68.5 cm³/mol. The van der Waals surface area contributed by atoms with Crippen molar-refractivity contribution in [2.45, 2.75) is 38.5 Å². The van der Waals surface area contributed by atoms with Crippen LogP contribution in [0, 0.1) is 0 Å².